The van der Waals surface area contributed by atoms with Gasteiger partial charge in [-0.2, -0.15) is 13.2 Å². The molecular weight excluding hydrogens is 333 g/mol. The van der Waals surface area contributed by atoms with Crippen molar-refractivity contribution in [2.75, 3.05) is 0 Å². The zero-order chi connectivity index (χ0) is 18.0. The third-order valence-electron chi connectivity index (χ3n) is 3.52. The number of carbonyl (C=O) groups is 1. The van der Waals surface area contributed by atoms with Gasteiger partial charge in [0, 0.05) is 23.5 Å². The first kappa shape index (κ1) is 16.6. The fraction of sp³-hybridized carbons (Fsp3) is 0.0588. The fourth-order valence-electron chi connectivity index (χ4n) is 2.52. The monoisotopic (exact) mass is 344 g/mol. The van der Waals surface area contributed by atoms with Crippen LogP contribution >= 0.6 is 0 Å². The molecule has 0 aliphatic rings. The predicted octanol–water partition coefficient (Wildman–Crippen LogP) is 3.32. The number of nitrogens with two attached hydrogens (primary N) is 1. The van der Waals surface area contributed by atoms with Crippen LogP contribution < -0.4 is 5.73 Å². The minimum absolute atomic E-state index is 0.0445. The van der Waals surface area contributed by atoms with Crippen LogP contribution in [0.5, 0.6) is 0 Å². The zero-order valence-electron chi connectivity index (χ0n) is 12.7. The Balaban J connectivity index is 2.43. The number of hydrogen-bond donors (Lipinski definition) is 1. The maximum Gasteiger partial charge on any atom is 0.417 e. The average Bonchev–Trinajstić information content (AvgIpc) is 2.61. The summed E-state index contributed by atoms with van der Waals surface area (Å²) >= 11 is 0. The molecule has 1 aromatic carbocycles. The summed E-state index contributed by atoms with van der Waals surface area (Å²) in [5, 5.41) is 0. The van der Waals surface area contributed by atoms with Crippen molar-refractivity contribution in [3.63, 3.8) is 0 Å². The lowest BCUT2D eigenvalue weighted by Crippen LogP contribution is -2.19. The van der Waals surface area contributed by atoms with Crippen molar-refractivity contribution in [3.8, 4) is 22.4 Å². The Hall–Kier alpha value is -3.29. The van der Waals surface area contributed by atoms with Crippen LogP contribution in [0.1, 0.15) is 16.1 Å². The Morgan fingerprint density at radius 1 is 1.04 bits per heavy atom. The number of nitrogens with zero attached hydrogens (tertiary/aromatic N) is 3. The molecule has 0 saturated carbocycles. The smallest absolute Gasteiger partial charge is 0.364 e. The molecule has 2 aromatic heterocycles. The molecule has 5 nitrogen and oxygen atoms in total. The first-order valence-corrected chi connectivity index (χ1v) is 7.11. The van der Waals surface area contributed by atoms with E-state index in [0.29, 0.717) is 0 Å². The summed E-state index contributed by atoms with van der Waals surface area (Å²) in [6.45, 7) is 0. The molecular formula is C17H11F3N4O. The first-order chi connectivity index (χ1) is 11.9. The number of aromatic nitrogens is 3. The van der Waals surface area contributed by atoms with Crippen molar-refractivity contribution in [3.05, 3.63) is 66.4 Å². The molecule has 25 heavy (non-hydrogen) atoms. The third kappa shape index (κ3) is 3.18. The topological polar surface area (TPSA) is 81.8 Å². The highest BCUT2D eigenvalue weighted by molar-refractivity contribution is 6.00. The van der Waals surface area contributed by atoms with E-state index in [-0.39, 0.29) is 22.4 Å². The number of pyridine rings is 1. The van der Waals surface area contributed by atoms with Gasteiger partial charge in [-0.15, -0.1) is 0 Å². The average molecular weight is 344 g/mol. The molecule has 0 aliphatic heterocycles. The molecule has 0 aliphatic carbocycles. The third-order valence-corrected chi connectivity index (χ3v) is 3.52. The summed E-state index contributed by atoms with van der Waals surface area (Å²) in [4.78, 5) is 23.1. The number of halogens is 3. The number of amides is 1. The van der Waals surface area contributed by atoms with E-state index in [2.05, 4.69) is 15.0 Å². The summed E-state index contributed by atoms with van der Waals surface area (Å²) in [6.07, 6.45) is -1.33. The predicted molar refractivity (Wildman–Crippen MR) is 84.2 cm³/mol. The minimum Gasteiger partial charge on any atom is -0.364 e. The van der Waals surface area contributed by atoms with Crippen molar-refractivity contribution in [1.29, 1.82) is 0 Å². The number of primary amides is 1. The van der Waals surface area contributed by atoms with E-state index in [4.69, 9.17) is 5.73 Å². The summed E-state index contributed by atoms with van der Waals surface area (Å²) < 4.78 is 41.7. The Bertz CT molecular complexity index is 912. The lowest BCUT2D eigenvalue weighted by molar-refractivity contribution is -0.136. The van der Waals surface area contributed by atoms with E-state index in [1.165, 1.54) is 24.4 Å². The highest BCUT2D eigenvalue weighted by atomic mass is 19.4. The lowest BCUT2D eigenvalue weighted by Gasteiger charge is -2.19. The quantitative estimate of drug-likeness (QED) is 0.790. The van der Waals surface area contributed by atoms with Crippen LogP contribution in [0.25, 0.3) is 22.4 Å². The van der Waals surface area contributed by atoms with Crippen LogP contribution in [-0.2, 0) is 6.18 Å². The Kier molecular flexibility index (Phi) is 4.18. The van der Waals surface area contributed by atoms with E-state index in [9.17, 15) is 18.0 Å². The number of carbonyl (C=O) groups excluding carboxylic acids is 1. The van der Waals surface area contributed by atoms with Gasteiger partial charge in [0.1, 0.15) is 12.0 Å². The summed E-state index contributed by atoms with van der Waals surface area (Å²) in [7, 11) is 0. The SMILES string of the molecule is NC(=O)c1ncc(-c2ccncn2)c(C(F)(F)F)c1-c1ccccc1. The van der Waals surface area contributed by atoms with E-state index < -0.39 is 23.3 Å². The second-order valence-electron chi connectivity index (χ2n) is 5.09. The van der Waals surface area contributed by atoms with Crippen molar-refractivity contribution in [2.24, 2.45) is 5.73 Å². The second-order valence-corrected chi connectivity index (χ2v) is 5.09. The highest BCUT2D eigenvalue weighted by Crippen LogP contribution is 2.43. The molecule has 3 aromatic rings. The molecule has 0 radical (unpaired) electrons. The maximum atomic E-state index is 13.9. The van der Waals surface area contributed by atoms with Crippen LogP contribution in [-0.4, -0.2) is 20.9 Å². The van der Waals surface area contributed by atoms with E-state index in [0.717, 1.165) is 12.5 Å². The van der Waals surface area contributed by atoms with Gasteiger partial charge in [-0.25, -0.2) is 15.0 Å². The first-order valence-electron chi connectivity index (χ1n) is 7.11. The number of rotatable bonds is 3. The molecule has 0 atom stereocenters. The summed E-state index contributed by atoms with van der Waals surface area (Å²) in [5.74, 6) is -1.04. The van der Waals surface area contributed by atoms with Gasteiger partial charge < -0.3 is 5.73 Å². The standard InChI is InChI=1S/C17H11F3N4O/c18-17(19,20)14-11(12-6-7-22-9-24-12)8-23-15(16(21)25)13(14)10-4-2-1-3-5-10/h1-9H,(H2,21,25). The molecule has 0 saturated heterocycles. The Labute approximate surface area is 140 Å². The molecule has 1 amide bonds. The molecule has 8 heteroatoms. The molecule has 126 valence electrons. The molecule has 2 heterocycles. The van der Waals surface area contributed by atoms with Gasteiger partial charge in [0.2, 0.25) is 0 Å². The number of benzene rings is 1. The van der Waals surface area contributed by atoms with E-state index >= 15 is 0 Å². The minimum atomic E-state index is -4.75. The van der Waals surface area contributed by atoms with Gasteiger partial charge in [-0.1, -0.05) is 30.3 Å². The molecule has 3 rings (SSSR count). The van der Waals surface area contributed by atoms with Crippen LogP contribution in [0.15, 0.2) is 55.1 Å². The van der Waals surface area contributed by atoms with Gasteiger partial charge in [0.15, 0.2) is 0 Å². The van der Waals surface area contributed by atoms with E-state index in [1.807, 2.05) is 0 Å². The van der Waals surface area contributed by atoms with E-state index in [1.54, 1.807) is 18.2 Å². The van der Waals surface area contributed by atoms with Crippen LogP contribution in [0.3, 0.4) is 0 Å². The zero-order valence-corrected chi connectivity index (χ0v) is 12.7. The van der Waals surface area contributed by atoms with Crippen molar-refractivity contribution in [1.82, 2.24) is 15.0 Å². The molecule has 0 spiro atoms. The highest BCUT2D eigenvalue weighted by Gasteiger charge is 2.39. The Morgan fingerprint density at radius 3 is 2.32 bits per heavy atom. The molecule has 0 unspecified atom stereocenters. The van der Waals surface area contributed by atoms with Crippen molar-refractivity contribution >= 4 is 5.91 Å². The van der Waals surface area contributed by atoms with Gasteiger partial charge in [-0.3, -0.25) is 4.79 Å². The number of hydrogen-bond acceptors (Lipinski definition) is 4. The van der Waals surface area contributed by atoms with Crippen LogP contribution in [0.4, 0.5) is 13.2 Å². The fourth-order valence-corrected chi connectivity index (χ4v) is 2.52. The normalized spacial score (nSPS) is 11.3. The van der Waals surface area contributed by atoms with Gasteiger partial charge in [-0.05, 0) is 11.6 Å². The molecule has 2 N–H and O–H groups in total. The number of alkyl halides is 3. The van der Waals surface area contributed by atoms with Crippen molar-refractivity contribution < 1.29 is 18.0 Å². The summed E-state index contributed by atoms with van der Waals surface area (Å²) in [6, 6.07) is 9.05. The Morgan fingerprint density at radius 2 is 1.76 bits per heavy atom. The van der Waals surface area contributed by atoms with Gasteiger partial charge >= 0.3 is 6.18 Å². The summed E-state index contributed by atoms with van der Waals surface area (Å²) in [5.41, 5.74) is 3.41. The molecule has 0 bridgehead atoms. The van der Waals surface area contributed by atoms with Gasteiger partial charge in [0.25, 0.3) is 5.91 Å². The van der Waals surface area contributed by atoms with Crippen molar-refractivity contribution in [2.45, 2.75) is 6.18 Å². The maximum absolute atomic E-state index is 13.9. The largest absolute Gasteiger partial charge is 0.417 e. The lowest BCUT2D eigenvalue weighted by atomic mass is 9.93. The molecule has 0 fully saturated rings. The van der Waals surface area contributed by atoms with Gasteiger partial charge in [0.05, 0.1) is 11.3 Å². The second kappa shape index (κ2) is 6.31. The van der Waals surface area contributed by atoms with Crippen LogP contribution in [0.2, 0.25) is 0 Å². The van der Waals surface area contributed by atoms with Crippen LogP contribution in [0, 0.1) is 0 Å².